The number of nitrogen functional groups attached to an aromatic ring is 1. The summed E-state index contributed by atoms with van der Waals surface area (Å²) in [4.78, 5) is 19.1. The van der Waals surface area contributed by atoms with Gasteiger partial charge in [-0.2, -0.15) is 0 Å². The Labute approximate surface area is 214 Å². The van der Waals surface area contributed by atoms with Crippen LogP contribution in [0.5, 0.6) is 5.75 Å². The number of rotatable bonds is 6. The Bertz CT molecular complexity index is 1210. The molecule has 4 rings (SSSR count). The minimum atomic E-state index is -0.530. The molecule has 3 aromatic rings. The van der Waals surface area contributed by atoms with E-state index in [1.807, 2.05) is 29.2 Å². The number of halogens is 3. The van der Waals surface area contributed by atoms with E-state index in [4.69, 9.17) is 33.7 Å². The van der Waals surface area contributed by atoms with Crippen molar-refractivity contribution in [3.63, 3.8) is 0 Å². The average Bonchev–Trinajstić information content (AvgIpc) is 2.84. The first-order valence-corrected chi connectivity index (χ1v) is 12.1. The number of hydrogen-bond acceptors (Lipinski definition) is 5. The van der Waals surface area contributed by atoms with Gasteiger partial charge in [-0.05, 0) is 55.3 Å². The quantitative estimate of drug-likeness (QED) is 0.439. The maximum atomic E-state index is 13.7. The van der Waals surface area contributed by atoms with Gasteiger partial charge in [0.2, 0.25) is 0 Å². The second-order valence-electron chi connectivity index (χ2n) is 8.78. The molecule has 1 aliphatic heterocycles. The molecule has 0 saturated carbocycles. The normalized spacial score (nSPS) is 17.9. The topological polar surface area (TPSA) is 80.5 Å². The Morgan fingerprint density at radius 2 is 1.83 bits per heavy atom. The highest BCUT2D eigenvalue weighted by atomic mass is 35.5. The van der Waals surface area contributed by atoms with E-state index in [1.165, 1.54) is 12.1 Å². The number of carbonyl (C=O) groups excluding carboxylic acids is 1. The third-order valence-electron chi connectivity index (χ3n) is 5.94. The van der Waals surface area contributed by atoms with E-state index in [-0.39, 0.29) is 35.4 Å². The van der Waals surface area contributed by atoms with Gasteiger partial charge in [0.1, 0.15) is 5.82 Å². The van der Waals surface area contributed by atoms with E-state index in [9.17, 15) is 9.18 Å². The first kappa shape index (κ1) is 25.2. The Hall–Kier alpha value is -2.87. The van der Waals surface area contributed by atoms with Crippen molar-refractivity contribution in [1.82, 2.24) is 15.2 Å². The molecule has 1 amide bonds. The lowest BCUT2D eigenvalue weighted by Gasteiger charge is -2.36. The van der Waals surface area contributed by atoms with E-state index < -0.39 is 5.82 Å². The number of hydrogen-bond donors (Lipinski definition) is 2. The van der Waals surface area contributed by atoms with E-state index >= 15 is 0 Å². The summed E-state index contributed by atoms with van der Waals surface area (Å²) in [6.07, 6.45) is 1.96. The summed E-state index contributed by atoms with van der Waals surface area (Å²) in [7, 11) is 0. The summed E-state index contributed by atoms with van der Waals surface area (Å²) in [5.41, 5.74) is 8.77. The highest BCUT2D eigenvalue weighted by molar-refractivity contribution is 6.36. The third-order valence-corrected chi connectivity index (χ3v) is 6.70. The summed E-state index contributed by atoms with van der Waals surface area (Å²) in [5.74, 6) is 0.122. The molecule has 2 atom stereocenters. The fraction of sp³-hybridized carbons (Fsp3) is 0.308. The largest absolute Gasteiger partial charge is 0.489 e. The monoisotopic (exact) mass is 516 g/mol. The van der Waals surface area contributed by atoms with Crippen LogP contribution in [0, 0.1) is 5.82 Å². The molecule has 6 nitrogen and oxygen atoms in total. The average molecular weight is 517 g/mol. The maximum Gasteiger partial charge on any atom is 0.253 e. The molecule has 0 radical (unpaired) electrons. The number of nitrogens with two attached hydrogens (primary N) is 1. The van der Waals surface area contributed by atoms with Crippen LogP contribution in [0.4, 0.5) is 10.2 Å². The van der Waals surface area contributed by atoms with Crippen molar-refractivity contribution in [2.75, 3.05) is 25.4 Å². The second-order valence-corrected chi connectivity index (χ2v) is 9.57. The molecule has 35 heavy (non-hydrogen) atoms. The number of anilines is 1. The minimum absolute atomic E-state index is 0.0136. The van der Waals surface area contributed by atoms with Gasteiger partial charge in [0, 0.05) is 53.9 Å². The zero-order chi connectivity index (χ0) is 25.1. The smallest absolute Gasteiger partial charge is 0.253 e. The number of nitrogens with one attached hydrogen (secondary N) is 1. The van der Waals surface area contributed by atoms with Gasteiger partial charge < -0.3 is 20.7 Å². The SMILES string of the molecule is CC1CN(C(=O)c2ccc(-c3cnc(N)c(OCCc4c(Cl)ccc(F)c4Cl)c3)cc2)CC(C)N1. The number of aromatic nitrogens is 1. The summed E-state index contributed by atoms with van der Waals surface area (Å²) in [6, 6.07) is 12.4. The molecule has 1 aliphatic rings. The van der Waals surface area contributed by atoms with Crippen LogP contribution in [0.15, 0.2) is 48.7 Å². The summed E-state index contributed by atoms with van der Waals surface area (Å²) >= 11 is 12.2. The van der Waals surface area contributed by atoms with Crippen LogP contribution in [0.25, 0.3) is 11.1 Å². The van der Waals surface area contributed by atoms with Gasteiger partial charge in [0.05, 0.1) is 11.6 Å². The number of amides is 1. The Morgan fingerprint density at radius 3 is 2.51 bits per heavy atom. The molecular weight excluding hydrogens is 490 g/mol. The predicted molar refractivity (Wildman–Crippen MR) is 138 cm³/mol. The molecule has 0 aliphatic carbocycles. The Morgan fingerprint density at radius 1 is 1.14 bits per heavy atom. The van der Waals surface area contributed by atoms with Crippen molar-refractivity contribution in [3.8, 4) is 16.9 Å². The predicted octanol–water partition coefficient (Wildman–Crippen LogP) is 5.22. The number of benzene rings is 2. The molecule has 184 valence electrons. The van der Waals surface area contributed by atoms with Gasteiger partial charge in [-0.1, -0.05) is 35.3 Å². The molecule has 1 fully saturated rings. The van der Waals surface area contributed by atoms with Crippen molar-refractivity contribution in [3.05, 3.63) is 75.7 Å². The fourth-order valence-corrected chi connectivity index (χ4v) is 4.83. The number of carbonyl (C=O) groups is 1. The zero-order valence-electron chi connectivity index (χ0n) is 19.5. The molecule has 3 N–H and O–H groups in total. The number of piperazine rings is 1. The van der Waals surface area contributed by atoms with Crippen LogP contribution in [-0.4, -0.2) is 47.6 Å². The van der Waals surface area contributed by atoms with Crippen LogP contribution in [-0.2, 0) is 6.42 Å². The number of pyridine rings is 1. The molecule has 0 spiro atoms. The van der Waals surface area contributed by atoms with E-state index in [0.717, 1.165) is 11.1 Å². The summed E-state index contributed by atoms with van der Waals surface area (Å²) in [6.45, 7) is 5.70. The summed E-state index contributed by atoms with van der Waals surface area (Å²) in [5, 5.41) is 3.80. The zero-order valence-corrected chi connectivity index (χ0v) is 21.0. The first-order valence-electron chi connectivity index (χ1n) is 11.4. The van der Waals surface area contributed by atoms with Gasteiger partial charge in [0.15, 0.2) is 11.6 Å². The van der Waals surface area contributed by atoms with Crippen molar-refractivity contribution in [2.24, 2.45) is 0 Å². The number of ether oxygens (including phenoxy) is 1. The van der Waals surface area contributed by atoms with Gasteiger partial charge in [-0.3, -0.25) is 4.79 Å². The lowest BCUT2D eigenvalue weighted by molar-refractivity contribution is 0.0674. The van der Waals surface area contributed by atoms with Gasteiger partial charge in [-0.25, -0.2) is 9.37 Å². The standard InChI is InChI=1S/C26H27Cl2FN4O2/c1-15-13-33(14-16(2)32-15)26(34)18-5-3-17(4-6-18)19-11-23(25(30)31-12-19)35-10-9-20-21(27)7-8-22(29)24(20)28/h3-8,11-12,15-16,32H,9-10,13-14H2,1-2H3,(H2,30,31). The van der Waals surface area contributed by atoms with Crippen molar-refractivity contribution in [1.29, 1.82) is 0 Å². The van der Waals surface area contributed by atoms with Gasteiger partial charge >= 0.3 is 0 Å². The minimum Gasteiger partial charge on any atom is -0.489 e. The second kappa shape index (κ2) is 10.8. The fourth-order valence-electron chi connectivity index (χ4n) is 4.27. The Kier molecular flexibility index (Phi) is 7.79. The van der Waals surface area contributed by atoms with Crippen LogP contribution in [0.3, 0.4) is 0 Å². The van der Waals surface area contributed by atoms with E-state index in [0.29, 0.717) is 41.4 Å². The molecule has 2 unspecified atom stereocenters. The van der Waals surface area contributed by atoms with Crippen molar-refractivity contribution in [2.45, 2.75) is 32.4 Å². The maximum absolute atomic E-state index is 13.7. The highest BCUT2D eigenvalue weighted by Crippen LogP contribution is 2.30. The van der Waals surface area contributed by atoms with Gasteiger partial charge in [-0.15, -0.1) is 0 Å². The van der Waals surface area contributed by atoms with Crippen LogP contribution in [0.2, 0.25) is 10.0 Å². The first-order chi connectivity index (χ1) is 16.7. The molecule has 1 aromatic heterocycles. The molecule has 2 aromatic carbocycles. The molecule has 0 bridgehead atoms. The molecule has 1 saturated heterocycles. The summed E-state index contributed by atoms with van der Waals surface area (Å²) < 4.78 is 19.6. The molecular formula is C26H27Cl2FN4O2. The van der Waals surface area contributed by atoms with Crippen LogP contribution < -0.4 is 15.8 Å². The Balaban J connectivity index is 1.45. The van der Waals surface area contributed by atoms with Crippen LogP contribution in [0.1, 0.15) is 29.8 Å². The van der Waals surface area contributed by atoms with E-state index in [2.05, 4.69) is 24.1 Å². The van der Waals surface area contributed by atoms with Crippen molar-refractivity contribution < 1.29 is 13.9 Å². The lowest BCUT2D eigenvalue weighted by atomic mass is 10.0. The molecule has 9 heteroatoms. The lowest BCUT2D eigenvalue weighted by Crippen LogP contribution is -2.55. The number of nitrogens with zero attached hydrogens (tertiary/aromatic N) is 2. The van der Waals surface area contributed by atoms with Crippen LogP contribution >= 0.6 is 23.2 Å². The molecule has 2 heterocycles. The third kappa shape index (κ3) is 5.86. The van der Waals surface area contributed by atoms with E-state index in [1.54, 1.807) is 12.3 Å². The highest BCUT2D eigenvalue weighted by Gasteiger charge is 2.25. The van der Waals surface area contributed by atoms with Gasteiger partial charge in [0.25, 0.3) is 5.91 Å². The van der Waals surface area contributed by atoms with Crippen molar-refractivity contribution >= 4 is 34.9 Å².